The van der Waals surface area contributed by atoms with Crippen molar-refractivity contribution in [2.45, 2.75) is 18.6 Å². The van der Waals surface area contributed by atoms with Crippen LogP contribution >= 0.6 is 23.1 Å². The fraction of sp³-hybridized carbons (Fsp3) is 0.350. The monoisotopic (exact) mass is 429 g/mol. The molecule has 1 aromatic carbocycles. The maximum atomic E-state index is 12.7. The number of thioether (sulfide) groups is 1. The van der Waals surface area contributed by atoms with E-state index in [4.69, 9.17) is 0 Å². The average Bonchev–Trinajstić information content (AvgIpc) is 3.42. The Kier molecular flexibility index (Phi) is 6.05. The first-order chi connectivity index (χ1) is 14.2. The molecule has 29 heavy (non-hydrogen) atoms. The second-order valence-corrected chi connectivity index (χ2v) is 8.59. The van der Waals surface area contributed by atoms with Crippen LogP contribution < -0.4 is 4.90 Å². The van der Waals surface area contributed by atoms with Crippen molar-refractivity contribution in [3.63, 3.8) is 0 Å². The van der Waals surface area contributed by atoms with Gasteiger partial charge in [-0.05, 0) is 42.6 Å². The first kappa shape index (κ1) is 19.8. The van der Waals surface area contributed by atoms with Crippen LogP contribution in [0.5, 0.6) is 5.75 Å². The Morgan fingerprint density at radius 2 is 1.90 bits per heavy atom. The molecule has 3 aromatic rings. The zero-order chi connectivity index (χ0) is 20.2. The van der Waals surface area contributed by atoms with Crippen molar-refractivity contribution in [1.29, 1.82) is 0 Å². The van der Waals surface area contributed by atoms with Crippen molar-refractivity contribution >= 4 is 34.7 Å². The standard InChI is InChI=1S/C20H23N5O2S2/c1-2-25-19(17-4-3-13-28-17)21-22-20(25)29-14-18(27)24-11-9-23(10-12-24)15-5-7-16(26)8-6-15/h3-8,13,26H,2,9-12,14H2,1H3. The highest BCUT2D eigenvalue weighted by Gasteiger charge is 2.22. The van der Waals surface area contributed by atoms with Gasteiger partial charge in [0.25, 0.3) is 0 Å². The van der Waals surface area contributed by atoms with E-state index in [0.717, 1.165) is 41.2 Å². The van der Waals surface area contributed by atoms with Crippen molar-refractivity contribution in [2.24, 2.45) is 0 Å². The summed E-state index contributed by atoms with van der Waals surface area (Å²) in [5.41, 5.74) is 1.07. The number of aromatic nitrogens is 3. The van der Waals surface area contributed by atoms with Crippen LogP contribution in [0.25, 0.3) is 10.7 Å². The quantitative estimate of drug-likeness (QED) is 0.607. The fourth-order valence-electron chi connectivity index (χ4n) is 3.36. The van der Waals surface area contributed by atoms with Crippen molar-refractivity contribution in [1.82, 2.24) is 19.7 Å². The molecule has 9 heteroatoms. The molecule has 1 amide bonds. The summed E-state index contributed by atoms with van der Waals surface area (Å²) in [5.74, 6) is 1.62. The molecule has 4 rings (SSSR count). The molecule has 3 heterocycles. The van der Waals surface area contributed by atoms with E-state index in [9.17, 15) is 9.90 Å². The van der Waals surface area contributed by atoms with Gasteiger partial charge in [-0.2, -0.15) is 0 Å². The largest absolute Gasteiger partial charge is 0.508 e. The molecule has 152 valence electrons. The normalized spacial score (nSPS) is 14.4. The molecule has 7 nitrogen and oxygen atoms in total. The van der Waals surface area contributed by atoms with Gasteiger partial charge in [-0.3, -0.25) is 4.79 Å². The maximum absolute atomic E-state index is 12.7. The predicted octanol–water partition coefficient (Wildman–Crippen LogP) is 3.17. The number of amides is 1. The molecular weight excluding hydrogens is 406 g/mol. The summed E-state index contributed by atoms with van der Waals surface area (Å²) in [4.78, 5) is 17.9. The molecule has 1 saturated heterocycles. The Hall–Kier alpha value is -2.52. The molecule has 1 aliphatic heterocycles. The number of phenols is 1. The smallest absolute Gasteiger partial charge is 0.233 e. The van der Waals surface area contributed by atoms with Crippen molar-refractivity contribution < 1.29 is 9.90 Å². The van der Waals surface area contributed by atoms with Gasteiger partial charge in [-0.15, -0.1) is 21.5 Å². The molecule has 0 aliphatic carbocycles. The number of thiophene rings is 1. The van der Waals surface area contributed by atoms with E-state index in [1.807, 2.05) is 34.5 Å². The molecule has 1 fully saturated rings. The Morgan fingerprint density at radius 3 is 2.55 bits per heavy atom. The third kappa shape index (κ3) is 4.40. The number of hydrogen-bond acceptors (Lipinski definition) is 7. The van der Waals surface area contributed by atoms with Gasteiger partial charge in [0.05, 0.1) is 10.6 Å². The molecular formula is C20H23N5O2S2. The SMILES string of the molecule is CCn1c(SCC(=O)N2CCN(c3ccc(O)cc3)CC2)nnc1-c1cccs1. The number of benzene rings is 1. The highest BCUT2D eigenvalue weighted by molar-refractivity contribution is 7.99. The van der Waals surface area contributed by atoms with E-state index < -0.39 is 0 Å². The van der Waals surface area contributed by atoms with E-state index in [2.05, 4.69) is 26.6 Å². The van der Waals surface area contributed by atoms with Crippen LogP contribution in [0, 0.1) is 0 Å². The van der Waals surface area contributed by atoms with Gasteiger partial charge in [0.2, 0.25) is 5.91 Å². The second kappa shape index (κ2) is 8.87. The Morgan fingerprint density at radius 1 is 1.14 bits per heavy atom. The molecule has 1 aliphatic rings. The Bertz CT molecular complexity index is 948. The topological polar surface area (TPSA) is 74.5 Å². The van der Waals surface area contributed by atoms with Crippen molar-refractivity contribution in [2.75, 3.05) is 36.8 Å². The van der Waals surface area contributed by atoms with Gasteiger partial charge < -0.3 is 19.5 Å². The lowest BCUT2D eigenvalue weighted by molar-refractivity contribution is -0.128. The lowest BCUT2D eigenvalue weighted by Crippen LogP contribution is -2.49. The van der Waals surface area contributed by atoms with E-state index in [1.165, 1.54) is 11.8 Å². The summed E-state index contributed by atoms with van der Waals surface area (Å²) < 4.78 is 2.06. The number of anilines is 1. The zero-order valence-electron chi connectivity index (χ0n) is 16.2. The van der Waals surface area contributed by atoms with Crippen LogP contribution in [0.15, 0.2) is 46.9 Å². The summed E-state index contributed by atoms with van der Waals surface area (Å²) in [5, 5.41) is 20.9. The number of piperazine rings is 1. The van der Waals surface area contributed by atoms with Crippen LogP contribution in [-0.2, 0) is 11.3 Å². The van der Waals surface area contributed by atoms with Gasteiger partial charge in [0, 0.05) is 38.4 Å². The summed E-state index contributed by atoms with van der Waals surface area (Å²) in [6.07, 6.45) is 0. The fourth-order valence-corrected chi connectivity index (χ4v) is 4.99. The minimum Gasteiger partial charge on any atom is -0.508 e. The molecule has 0 saturated carbocycles. The predicted molar refractivity (Wildman–Crippen MR) is 117 cm³/mol. The molecule has 0 radical (unpaired) electrons. The van der Waals surface area contributed by atoms with Crippen molar-refractivity contribution in [3.05, 3.63) is 41.8 Å². The third-order valence-electron chi connectivity index (χ3n) is 4.95. The minimum absolute atomic E-state index is 0.128. The van der Waals surface area contributed by atoms with Gasteiger partial charge in [-0.1, -0.05) is 17.8 Å². The minimum atomic E-state index is 0.128. The molecule has 1 N–H and O–H groups in total. The van der Waals surface area contributed by atoms with Crippen LogP contribution in [0.2, 0.25) is 0 Å². The summed E-state index contributed by atoms with van der Waals surface area (Å²) in [6, 6.07) is 11.2. The average molecular weight is 430 g/mol. The Balaban J connectivity index is 1.32. The van der Waals surface area contributed by atoms with Gasteiger partial charge >= 0.3 is 0 Å². The van der Waals surface area contributed by atoms with Crippen LogP contribution in [0.3, 0.4) is 0 Å². The highest BCUT2D eigenvalue weighted by Crippen LogP contribution is 2.27. The van der Waals surface area contributed by atoms with Crippen LogP contribution in [0.4, 0.5) is 5.69 Å². The lowest BCUT2D eigenvalue weighted by Gasteiger charge is -2.36. The van der Waals surface area contributed by atoms with Gasteiger partial charge in [0.15, 0.2) is 11.0 Å². The number of carbonyl (C=O) groups is 1. The number of phenolic OH excluding ortho intramolecular Hbond substituents is 1. The number of hydrogen-bond donors (Lipinski definition) is 1. The number of nitrogens with zero attached hydrogens (tertiary/aromatic N) is 5. The van der Waals surface area contributed by atoms with E-state index >= 15 is 0 Å². The second-order valence-electron chi connectivity index (χ2n) is 6.70. The van der Waals surface area contributed by atoms with Crippen molar-refractivity contribution in [3.8, 4) is 16.5 Å². The third-order valence-corrected chi connectivity index (χ3v) is 6.76. The molecule has 0 bridgehead atoms. The number of carbonyl (C=O) groups excluding carboxylic acids is 1. The van der Waals surface area contributed by atoms with E-state index in [1.54, 1.807) is 23.5 Å². The Labute approximate surface area is 178 Å². The first-order valence-corrected chi connectivity index (χ1v) is 11.4. The van der Waals surface area contributed by atoms with Crippen LogP contribution in [0.1, 0.15) is 6.92 Å². The van der Waals surface area contributed by atoms with Crippen LogP contribution in [-0.4, -0.2) is 62.6 Å². The zero-order valence-corrected chi connectivity index (χ0v) is 17.8. The molecule has 0 unspecified atom stereocenters. The molecule has 0 spiro atoms. The van der Waals surface area contributed by atoms with Gasteiger partial charge in [-0.25, -0.2) is 0 Å². The molecule has 0 atom stereocenters. The van der Waals surface area contributed by atoms with E-state index in [-0.39, 0.29) is 11.7 Å². The maximum Gasteiger partial charge on any atom is 0.233 e. The first-order valence-electron chi connectivity index (χ1n) is 9.57. The summed E-state index contributed by atoms with van der Waals surface area (Å²) in [7, 11) is 0. The summed E-state index contributed by atoms with van der Waals surface area (Å²) >= 11 is 3.09. The van der Waals surface area contributed by atoms with Gasteiger partial charge in [0.1, 0.15) is 5.75 Å². The lowest BCUT2D eigenvalue weighted by atomic mass is 10.2. The van der Waals surface area contributed by atoms with E-state index in [0.29, 0.717) is 18.8 Å². The summed E-state index contributed by atoms with van der Waals surface area (Å²) in [6.45, 7) is 5.79. The number of rotatable bonds is 6. The highest BCUT2D eigenvalue weighted by atomic mass is 32.2. The molecule has 2 aromatic heterocycles. The number of aromatic hydroxyl groups is 1.